The summed E-state index contributed by atoms with van der Waals surface area (Å²) in [7, 11) is 0. The lowest BCUT2D eigenvalue weighted by Gasteiger charge is -2.23. The largest absolute Gasteiger partial charge is 0.508 e. The zero-order valence-electron chi connectivity index (χ0n) is 15.6. The molecule has 3 rings (SSSR count). The Morgan fingerprint density at radius 2 is 1.96 bits per heavy atom. The number of nitrogens with zero attached hydrogens (tertiary/aromatic N) is 1. The van der Waals surface area contributed by atoms with Crippen LogP contribution in [0.1, 0.15) is 37.9 Å². The van der Waals surface area contributed by atoms with Crippen molar-refractivity contribution in [2.75, 3.05) is 6.54 Å². The second kappa shape index (κ2) is 9.02. The maximum Gasteiger partial charge on any atom is 0.220 e. The normalized spacial score (nSPS) is 16.0. The van der Waals surface area contributed by atoms with Gasteiger partial charge in [0.15, 0.2) is 0 Å². The predicted octanol–water partition coefficient (Wildman–Crippen LogP) is 4.53. The van der Waals surface area contributed by atoms with E-state index in [2.05, 4.69) is 0 Å². The highest BCUT2D eigenvalue weighted by Gasteiger charge is 2.30. The van der Waals surface area contributed by atoms with Crippen molar-refractivity contribution in [3.05, 3.63) is 70.5 Å². The van der Waals surface area contributed by atoms with E-state index in [0.717, 1.165) is 5.56 Å². The average Bonchev–Trinajstić information content (AvgIpc) is 3.02. The van der Waals surface area contributed by atoms with Crippen LogP contribution in [0, 0.1) is 5.82 Å². The van der Waals surface area contributed by atoms with Gasteiger partial charge in [0, 0.05) is 24.1 Å². The van der Waals surface area contributed by atoms with Crippen molar-refractivity contribution in [3.8, 4) is 5.75 Å². The lowest BCUT2D eigenvalue weighted by atomic mass is 10.0. The van der Waals surface area contributed by atoms with Crippen LogP contribution < -0.4 is 5.73 Å². The van der Waals surface area contributed by atoms with Crippen LogP contribution in [-0.4, -0.2) is 28.5 Å². The predicted molar refractivity (Wildman–Crippen MR) is 107 cm³/mol. The summed E-state index contributed by atoms with van der Waals surface area (Å²) in [6, 6.07) is 11.1. The number of benzene rings is 2. The number of phenols is 1. The van der Waals surface area contributed by atoms with Crippen molar-refractivity contribution in [2.45, 2.75) is 32.9 Å². The quantitative estimate of drug-likeness (QED) is 0.791. The first-order chi connectivity index (χ1) is 12.7. The molecule has 0 aromatic heterocycles. The van der Waals surface area contributed by atoms with E-state index < -0.39 is 0 Å². The van der Waals surface area contributed by atoms with E-state index in [1.165, 1.54) is 19.1 Å². The third-order valence-corrected chi connectivity index (χ3v) is 4.16. The summed E-state index contributed by atoms with van der Waals surface area (Å²) in [4.78, 5) is 13.6. The summed E-state index contributed by atoms with van der Waals surface area (Å²) in [5, 5.41) is 10.1. The van der Waals surface area contributed by atoms with Crippen LogP contribution >= 0.6 is 11.6 Å². The summed E-state index contributed by atoms with van der Waals surface area (Å²) in [5.74, 6) is -0.366. The molecule has 0 aliphatic carbocycles. The first-order valence-electron chi connectivity index (χ1n) is 8.67. The van der Waals surface area contributed by atoms with Gasteiger partial charge in [0.25, 0.3) is 0 Å². The lowest BCUT2D eigenvalue weighted by Crippen LogP contribution is -2.29. The number of amides is 1. The van der Waals surface area contributed by atoms with Crippen LogP contribution in [0.5, 0.6) is 5.75 Å². The fourth-order valence-electron chi connectivity index (χ4n) is 2.83. The van der Waals surface area contributed by atoms with Crippen molar-refractivity contribution in [1.82, 2.24) is 4.90 Å². The van der Waals surface area contributed by atoms with Crippen molar-refractivity contribution < 1.29 is 14.3 Å². The zero-order valence-corrected chi connectivity index (χ0v) is 16.4. The Morgan fingerprint density at radius 3 is 2.56 bits per heavy atom. The van der Waals surface area contributed by atoms with Crippen LogP contribution in [0.4, 0.5) is 4.39 Å². The monoisotopic (exact) mass is 390 g/mol. The molecule has 0 fully saturated rings. The third-order valence-electron chi connectivity index (χ3n) is 3.93. The Morgan fingerprint density at radius 1 is 1.30 bits per heavy atom. The van der Waals surface area contributed by atoms with E-state index in [0.29, 0.717) is 28.7 Å². The molecule has 27 heavy (non-hydrogen) atoms. The molecule has 1 heterocycles. The van der Waals surface area contributed by atoms with Gasteiger partial charge < -0.3 is 15.7 Å². The number of carbonyl (C=O) groups is 1. The number of hydrogen-bond acceptors (Lipinski definition) is 3. The van der Waals surface area contributed by atoms with Gasteiger partial charge in [-0.05, 0) is 47.5 Å². The molecule has 0 radical (unpaired) electrons. The maximum absolute atomic E-state index is 14.1. The average molecular weight is 391 g/mol. The van der Waals surface area contributed by atoms with Gasteiger partial charge in [-0.15, -0.1) is 0 Å². The van der Waals surface area contributed by atoms with Gasteiger partial charge in [0.1, 0.15) is 11.6 Å². The van der Waals surface area contributed by atoms with E-state index in [1.54, 1.807) is 29.2 Å². The number of nitrogens with two attached hydrogens (primary N) is 1. The molecule has 0 saturated carbocycles. The molecule has 0 bridgehead atoms. The standard InChI is InChI=1S/C18H15ClFNO2.C3H9N/c1-11(22)21-10-13(16-9-14(19)5-6-17(16)20)8-18(21)12-3-2-4-15(23)7-12;1-3(2)4/h2-9,18,23H,10H2,1H3;3H,4H2,1-2H3/t18-;/m0./s1. The molecular weight excluding hydrogens is 367 g/mol. The highest BCUT2D eigenvalue weighted by Crippen LogP contribution is 2.36. The van der Waals surface area contributed by atoms with Gasteiger partial charge in [0.05, 0.1) is 6.04 Å². The van der Waals surface area contributed by atoms with Crippen LogP contribution in [0.25, 0.3) is 5.57 Å². The summed E-state index contributed by atoms with van der Waals surface area (Å²) in [6.07, 6.45) is 1.84. The smallest absolute Gasteiger partial charge is 0.220 e. The molecule has 6 heteroatoms. The third kappa shape index (κ3) is 5.55. The Hall–Kier alpha value is -2.37. The maximum atomic E-state index is 14.1. The molecule has 2 aromatic carbocycles. The van der Waals surface area contributed by atoms with Gasteiger partial charge in [0.2, 0.25) is 5.91 Å². The first kappa shape index (κ1) is 20.9. The van der Waals surface area contributed by atoms with Crippen molar-refractivity contribution in [3.63, 3.8) is 0 Å². The summed E-state index contributed by atoms with van der Waals surface area (Å²) in [5.41, 5.74) is 6.98. The van der Waals surface area contributed by atoms with E-state index >= 15 is 0 Å². The number of hydrogen-bond donors (Lipinski definition) is 2. The minimum Gasteiger partial charge on any atom is -0.508 e. The van der Waals surface area contributed by atoms with Crippen LogP contribution in [0.15, 0.2) is 48.5 Å². The van der Waals surface area contributed by atoms with Crippen molar-refractivity contribution in [2.24, 2.45) is 5.73 Å². The van der Waals surface area contributed by atoms with Gasteiger partial charge in [-0.2, -0.15) is 0 Å². The summed E-state index contributed by atoms with van der Waals surface area (Å²) < 4.78 is 14.1. The second-order valence-corrected chi connectivity index (χ2v) is 7.18. The Labute approximate surface area is 164 Å². The Kier molecular flexibility index (Phi) is 6.99. The molecule has 1 aliphatic heterocycles. The van der Waals surface area contributed by atoms with Gasteiger partial charge in [-0.25, -0.2) is 4.39 Å². The number of phenolic OH excluding ortho intramolecular Hbond substituents is 1. The molecule has 2 aromatic rings. The fourth-order valence-corrected chi connectivity index (χ4v) is 3.00. The molecule has 1 aliphatic rings. The van der Waals surface area contributed by atoms with Crippen LogP contribution in [0.2, 0.25) is 5.02 Å². The summed E-state index contributed by atoms with van der Waals surface area (Å²) in [6.45, 7) is 5.66. The molecule has 0 unspecified atom stereocenters. The second-order valence-electron chi connectivity index (χ2n) is 6.75. The van der Waals surface area contributed by atoms with Crippen molar-refractivity contribution >= 4 is 23.1 Å². The fraction of sp³-hybridized carbons (Fsp3) is 0.286. The Bertz CT molecular complexity index is 849. The van der Waals surface area contributed by atoms with Gasteiger partial charge in [-0.3, -0.25) is 4.79 Å². The van der Waals surface area contributed by atoms with Crippen LogP contribution in [-0.2, 0) is 4.79 Å². The molecular formula is C21H24ClFN2O2. The highest BCUT2D eigenvalue weighted by molar-refractivity contribution is 6.30. The lowest BCUT2D eigenvalue weighted by molar-refractivity contribution is -0.129. The topological polar surface area (TPSA) is 66.6 Å². The van der Waals surface area contributed by atoms with E-state index in [4.69, 9.17) is 17.3 Å². The Balaban J connectivity index is 0.000000596. The highest BCUT2D eigenvalue weighted by atomic mass is 35.5. The molecule has 0 saturated heterocycles. The van der Waals surface area contributed by atoms with Crippen molar-refractivity contribution in [1.29, 1.82) is 0 Å². The van der Waals surface area contributed by atoms with E-state index in [1.807, 2.05) is 26.0 Å². The first-order valence-corrected chi connectivity index (χ1v) is 9.04. The zero-order chi connectivity index (χ0) is 20.1. The molecule has 0 spiro atoms. The molecule has 3 N–H and O–H groups in total. The van der Waals surface area contributed by atoms with Crippen LogP contribution in [0.3, 0.4) is 0 Å². The molecule has 1 amide bonds. The van der Waals surface area contributed by atoms with Gasteiger partial charge >= 0.3 is 0 Å². The number of halogens is 2. The van der Waals surface area contributed by atoms with E-state index in [9.17, 15) is 14.3 Å². The van der Waals surface area contributed by atoms with E-state index in [-0.39, 0.29) is 23.5 Å². The minimum atomic E-state index is -0.374. The summed E-state index contributed by atoms with van der Waals surface area (Å²) >= 11 is 5.96. The number of rotatable bonds is 2. The minimum absolute atomic E-state index is 0.118. The molecule has 4 nitrogen and oxygen atoms in total. The molecule has 144 valence electrons. The van der Waals surface area contributed by atoms with Gasteiger partial charge in [-0.1, -0.05) is 43.7 Å². The number of aromatic hydroxyl groups is 1. The number of carbonyl (C=O) groups excluding carboxylic acids is 1. The SMILES string of the molecule is CC(=O)N1CC(c2cc(Cl)ccc2F)=C[C@H]1c1cccc(O)c1.CC(C)N. The molecule has 1 atom stereocenters.